The molecule has 0 aliphatic carbocycles. The summed E-state index contributed by atoms with van der Waals surface area (Å²) in [5.74, 6) is 0.168. The largest absolute Gasteiger partial charge is 0.349 e. The molecule has 0 spiro atoms. The summed E-state index contributed by atoms with van der Waals surface area (Å²) in [5.41, 5.74) is 2.24. The second kappa shape index (κ2) is 7.62. The highest BCUT2D eigenvalue weighted by Crippen LogP contribution is 2.32. The van der Waals surface area contributed by atoms with Crippen molar-refractivity contribution in [3.8, 4) is 0 Å². The Bertz CT molecular complexity index is 1060. The molecule has 8 heteroatoms. The van der Waals surface area contributed by atoms with Crippen LogP contribution in [0.4, 0.5) is 10.2 Å². The van der Waals surface area contributed by atoms with Crippen LogP contribution in [0.3, 0.4) is 0 Å². The Labute approximate surface area is 168 Å². The van der Waals surface area contributed by atoms with Crippen molar-refractivity contribution in [2.24, 2.45) is 4.99 Å². The van der Waals surface area contributed by atoms with E-state index in [9.17, 15) is 9.18 Å². The fraction of sp³-hybridized carbons (Fsp3) is 0.333. The zero-order chi connectivity index (χ0) is 20.5. The Hall–Kier alpha value is -3.29. The molecule has 2 aliphatic rings. The van der Waals surface area contributed by atoms with Crippen LogP contribution in [0.25, 0.3) is 5.65 Å². The monoisotopic (exact) mass is 394 g/mol. The molecule has 1 saturated heterocycles. The molecule has 2 aromatic rings. The minimum atomic E-state index is -0.298. The van der Waals surface area contributed by atoms with E-state index in [1.807, 2.05) is 19.1 Å². The Kier molecular flexibility index (Phi) is 5.00. The number of fused-ring (bicyclic) bond motifs is 3. The SMILES string of the molecule is C=NC1=C(/C=C(\C)F)[C@@H]2CCCN2c2ccn3ncc(c3n2)C(=O)N[C@H](C)C=C1. The van der Waals surface area contributed by atoms with Crippen LogP contribution in [0, 0.1) is 0 Å². The Morgan fingerprint density at radius 3 is 3.07 bits per heavy atom. The van der Waals surface area contributed by atoms with Crippen molar-refractivity contribution in [1.82, 2.24) is 19.9 Å². The molecule has 0 aromatic carbocycles. The molecule has 2 aliphatic heterocycles. The first kappa shape index (κ1) is 19.0. The zero-order valence-corrected chi connectivity index (χ0v) is 16.5. The number of allylic oxidation sites excluding steroid dienone is 2. The minimum Gasteiger partial charge on any atom is -0.349 e. The molecule has 29 heavy (non-hydrogen) atoms. The standard InChI is InChI=1S/C21H23FN6O/c1-13(22)11-15-17(23-3)7-6-14(2)25-21(29)16-12-24-28-10-8-19(26-20(16)28)27-9-4-5-18(15)27/h6-8,10-12,14,18H,3-5,9H2,1-2H3,(H,25,29)/b7-6?,13-11+,17-15?/t14-,18+/m1/s1. The summed E-state index contributed by atoms with van der Waals surface area (Å²) in [5, 5.41) is 7.16. The highest BCUT2D eigenvalue weighted by Gasteiger charge is 2.30. The van der Waals surface area contributed by atoms with Crippen molar-refractivity contribution < 1.29 is 9.18 Å². The predicted molar refractivity (Wildman–Crippen MR) is 111 cm³/mol. The number of hydrogen-bond donors (Lipinski definition) is 1. The normalized spacial score (nSPS) is 22.9. The minimum absolute atomic E-state index is 0.0908. The predicted octanol–water partition coefficient (Wildman–Crippen LogP) is 3.21. The van der Waals surface area contributed by atoms with Crippen molar-refractivity contribution in [3.63, 3.8) is 0 Å². The number of aliphatic imine (C=N–C) groups is 1. The van der Waals surface area contributed by atoms with Gasteiger partial charge in [0.05, 0.1) is 23.8 Å². The summed E-state index contributed by atoms with van der Waals surface area (Å²) >= 11 is 0. The summed E-state index contributed by atoms with van der Waals surface area (Å²) in [7, 11) is 0. The quantitative estimate of drug-likeness (QED) is 0.794. The summed E-state index contributed by atoms with van der Waals surface area (Å²) in [4.78, 5) is 23.8. The van der Waals surface area contributed by atoms with Crippen molar-refractivity contribution in [2.45, 2.75) is 38.8 Å². The average Bonchev–Trinajstić information content (AvgIpc) is 3.33. The number of nitrogens with one attached hydrogen (secondary N) is 1. The van der Waals surface area contributed by atoms with E-state index < -0.39 is 0 Å². The van der Waals surface area contributed by atoms with Gasteiger partial charge in [-0.05, 0) is 51.6 Å². The van der Waals surface area contributed by atoms with E-state index in [4.69, 9.17) is 4.98 Å². The van der Waals surface area contributed by atoms with Gasteiger partial charge in [0, 0.05) is 24.4 Å². The molecule has 1 amide bonds. The highest BCUT2D eigenvalue weighted by atomic mass is 19.1. The van der Waals surface area contributed by atoms with Gasteiger partial charge < -0.3 is 10.2 Å². The average molecular weight is 394 g/mol. The molecular formula is C21H23FN6O. The number of rotatable bonds is 2. The van der Waals surface area contributed by atoms with Gasteiger partial charge in [0.2, 0.25) is 0 Å². The number of hydrogen-bond acceptors (Lipinski definition) is 5. The molecule has 1 N–H and O–H groups in total. The first-order valence-corrected chi connectivity index (χ1v) is 9.62. The molecule has 150 valence electrons. The number of nitrogens with zero attached hydrogens (tertiary/aromatic N) is 5. The second-order valence-corrected chi connectivity index (χ2v) is 7.31. The van der Waals surface area contributed by atoms with Crippen molar-refractivity contribution in [3.05, 3.63) is 59.3 Å². The van der Waals surface area contributed by atoms with Gasteiger partial charge in [-0.2, -0.15) is 5.10 Å². The third kappa shape index (κ3) is 3.57. The van der Waals surface area contributed by atoms with Crippen molar-refractivity contribution in [2.75, 3.05) is 11.4 Å². The van der Waals surface area contributed by atoms with Crippen molar-refractivity contribution in [1.29, 1.82) is 0 Å². The molecule has 1 fully saturated rings. The van der Waals surface area contributed by atoms with Crippen LogP contribution in [0.2, 0.25) is 0 Å². The van der Waals surface area contributed by atoms with Gasteiger partial charge in [-0.25, -0.2) is 13.9 Å². The van der Waals surface area contributed by atoms with Gasteiger partial charge in [-0.1, -0.05) is 6.08 Å². The van der Waals surface area contributed by atoms with Gasteiger partial charge >= 0.3 is 0 Å². The lowest BCUT2D eigenvalue weighted by Gasteiger charge is -2.27. The molecule has 2 bridgehead atoms. The van der Waals surface area contributed by atoms with Gasteiger partial charge in [0.25, 0.3) is 5.91 Å². The first-order chi connectivity index (χ1) is 14.0. The molecule has 4 rings (SSSR count). The molecular weight excluding hydrogens is 371 g/mol. The highest BCUT2D eigenvalue weighted by molar-refractivity contribution is 6.00. The second-order valence-electron chi connectivity index (χ2n) is 7.31. The number of carbonyl (C=O) groups excluding carboxylic acids is 1. The summed E-state index contributed by atoms with van der Waals surface area (Å²) in [6.45, 7) is 7.74. The van der Waals surface area contributed by atoms with E-state index >= 15 is 0 Å². The van der Waals surface area contributed by atoms with Gasteiger partial charge in [0.15, 0.2) is 5.65 Å². The Morgan fingerprint density at radius 2 is 2.31 bits per heavy atom. The molecule has 2 atom stereocenters. The first-order valence-electron chi connectivity index (χ1n) is 9.62. The Balaban J connectivity index is 1.95. The van der Waals surface area contributed by atoms with E-state index in [1.54, 1.807) is 16.8 Å². The molecule has 0 unspecified atom stereocenters. The van der Waals surface area contributed by atoms with E-state index in [2.05, 4.69) is 27.0 Å². The zero-order valence-electron chi connectivity index (χ0n) is 16.5. The maximum Gasteiger partial charge on any atom is 0.257 e. The van der Waals surface area contributed by atoms with E-state index in [0.717, 1.165) is 30.8 Å². The molecule has 7 nitrogen and oxygen atoms in total. The van der Waals surface area contributed by atoms with Crippen LogP contribution in [0.1, 0.15) is 37.0 Å². The summed E-state index contributed by atoms with van der Waals surface area (Å²) in [6.07, 6.45) is 10.2. The summed E-state index contributed by atoms with van der Waals surface area (Å²) in [6, 6.07) is 1.50. The number of carbonyl (C=O) groups is 1. The fourth-order valence-electron chi connectivity index (χ4n) is 3.91. The van der Waals surface area contributed by atoms with Gasteiger partial charge in [0.1, 0.15) is 11.4 Å². The number of halogens is 1. The Morgan fingerprint density at radius 1 is 1.48 bits per heavy atom. The topological polar surface area (TPSA) is 74.9 Å². The smallest absolute Gasteiger partial charge is 0.257 e. The van der Waals surface area contributed by atoms with Crippen LogP contribution >= 0.6 is 0 Å². The lowest BCUT2D eigenvalue weighted by Crippen LogP contribution is -2.32. The number of amides is 1. The number of anilines is 1. The van der Waals surface area contributed by atoms with E-state index in [-0.39, 0.29) is 23.8 Å². The molecule has 0 saturated carbocycles. The fourth-order valence-corrected chi connectivity index (χ4v) is 3.91. The van der Waals surface area contributed by atoms with Crippen LogP contribution in [0.15, 0.2) is 58.8 Å². The lowest BCUT2D eigenvalue weighted by atomic mass is 10.0. The maximum atomic E-state index is 14.0. The van der Waals surface area contributed by atoms with Crippen LogP contribution in [-0.4, -0.2) is 45.9 Å². The molecule has 4 heterocycles. The molecule has 2 aromatic heterocycles. The van der Waals surface area contributed by atoms with E-state index in [0.29, 0.717) is 16.9 Å². The van der Waals surface area contributed by atoms with Crippen LogP contribution in [-0.2, 0) is 0 Å². The lowest BCUT2D eigenvalue weighted by molar-refractivity contribution is 0.0948. The van der Waals surface area contributed by atoms with Gasteiger partial charge in [-0.3, -0.25) is 9.79 Å². The van der Waals surface area contributed by atoms with Crippen molar-refractivity contribution >= 4 is 24.1 Å². The van der Waals surface area contributed by atoms with Gasteiger partial charge in [-0.15, -0.1) is 0 Å². The number of aromatic nitrogens is 3. The van der Waals surface area contributed by atoms with Crippen LogP contribution in [0.5, 0.6) is 0 Å². The van der Waals surface area contributed by atoms with E-state index in [1.165, 1.54) is 19.2 Å². The maximum absolute atomic E-state index is 14.0. The van der Waals surface area contributed by atoms with Crippen LogP contribution < -0.4 is 10.2 Å². The third-order valence-corrected chi connectivity index (χ3v) is 5.23. The third-order valence-electron chi connectivity index (χ3n) is 5.23. The molecule has 0 radical (unpaired) electrons. The summed E-state index contributed by atoms with van der Waals surface area (Å²) < 4.78 is 15.5.